The second-order valence-electron chi connectivity index (χ2n) is 8.92. The summed E-state index contributed by atoms with van der Waals surface area (Å²) in [5.74, 6) is 0. The summed E-state index contributed by atoms with van der Waals surface area (Å²) >= 11 is 0. The average Bonchev–Trinajstić information content (AvgIpc) is 2.67. The normalized spacial score (nSPS) is 12.6. The van der Waals surface area contributed by atoms with Gasteiger partial charge in [0.2, 0.25) is 0 Å². The van der Waals surface area contributed by atoms with Crippen LogP contribution in [0.15, 0.2) is 24.3 Å². The molecule has 0 atom stereocenters. The van der Waals surface area contributed by atoms with Crippen molar-refractivity contribution in [3.63, 3.8) is 0 Å². The van der Waals surface area contributed by atoms with Gasteiger partial charge < -0.3 is 11.1 Å². The fourth-order valence-corrected chi connectivity index (χ4v) is 3.46. The molecular formula is C26H52N2. The van der Waals surface area contributed by atoms with Gasteiger partial charge in [0.05, 0.1) is 0 Å². The molecule has 166 valence electrons. The third-order valence-corrected chi connectivity index (χ3v) is 5.38. The Hall–Kier alpha value is -0.600. The average molecular weight is 393 g/mol. The van der Waals surface area contributed by atoms with E-state index >= 15 is 0 Å². The molecule has 2 nitrogen and oxygen atoms in total. The number of nitrogens with two attached hydrogens (primary N) is 1. The quantitative estimate of drug-likeness (QED) is 0.155. The molecule has 0 fully saturated rings. The monoisotopic (exact) mass is 392 g/mol. The first-order chi connectivity index (χ1) is 13.6. The maximum absolute atomic E-state index is 5.53. The summed E-state index contributed by atoms with van der Waals surface area (Å²) in [6.07, 6.45) is 30.8. The molecule has 0 aromatic carbocycles. The predicted octanol–water partition coefficient (Wildman–Crippen LogP) is 7.69. The molecule has 0 aliphatic heterocycles. The molecule has 0 spiro atoms. The van der Waals surface area contributed by atoms with E-state index in [2.05, 4.69) is 50.4 Å². The minimum atomic E-state index is 0.108. The smallest absolute Gasteiger partial charge is 0.0307 e. The summed E-state index contributed by atoms with van der Waals surface area (Å²) in [6.45, 7) is 8.70. The SMILES string of the molecule is CCCCCCCC/C=C\CCCCCCCCNC(C)(C)C=CCCCN. The van der Waals surface area contributed by atoms with E-state index in [-0.39, 0.29) is 5.54 Å². The van der Waals surface area contributed by atoms with E-state index in [9.17, 15) is 0 Å². The Morgan fingerprint density at radius 1 is 0.643 bits per heavy atom. The zero-order valence-corrected chi connectivity index (χ0v) is 19.6. The largest absolute Gasteiger partial charge is 0.330 e. The highest BCUT2D eigenvalue weighted by molar-refractivity contribution is 5.00. The van der Waals surface area contributed by atoms with Crippen molar-refractivity contribution in [3.8, 4) is 0 Å². The summed E-state index contributed by atoms with van der Waals surface area (Å²) in [5.41, 5.74) is 5.64. The molecular weight excluding hydrogens is 340 g/mol. The van der Waals surface area contributed by atoms with Crippen LogP contribution in [0.1, 0.15) is 124 Å². The van der Waals surface area contributed by atoms with Crippen LogP contribution in [0.5, 0.6) is 0 Å². The Kier molecular flexibility index (Phi) is 20.7. The van der Waals surface area contributed by atoms with Crippen molar-refractivity contribution < 1.29 is 0 Å². The van der Waals surface area contributed by atoms with Crippen molar-refractivity contribution in [2.24, 2.45) is 5.73 Å². The fraction of sp³-hybridized carbons (Fsp3) is 0.846. The highest BCUT2D eigenvalue weighted by atomic mass is 14.9. The highest BCUT2D eigenvalue weighted by Gasteiger charge is 2.11. The Balaban J connectivity index is 3.32. The molecule has 28 heavy (non-hydrogen) atoms. The van der Waals surface area contributed by atoms with Gasteiger partial charge >= 0.3 is 0 Å². The summed E-state index contributed by atoms with van der Waals surface area (Å²) in [6, 6.07) is 0. The van der Waals surface area contributed by atoms with Crippen LogP contribution in [0.2, 0.25) is 0 Å². The molecule has 0 aliphatic carbocycles. The van der Waals surface area contributed by atoms with Crippen molar-refractivity contribution in [1.29, 1.82) is 0 Å². The van der Waals surface area contributed by atoms with Crippen molar-refractivity contribution in [1.82, 2.24) is 5.32 Å². The molecule has 3 N–H and O–H groups in total. The third-order valence-electron chi connectivity index (χ3n) is 5.38. The van der Waals surface area contributed by atoms with E-state index in [1.54, 1.807) is 0 Å². The summed E-state index contributed by atoms with van der Waals surface area (Å²) in [7, 11) is 0. The third kappa shape index (κ3) is 21.7. The first kappa shape index (κ1) is 27.4. The number of allylic oxidation sites excluding steroid dienone is 3. The topological polar surface area (TPSA) is 38.0 Å². The predicted molar refractivity (Wildman–Crippen MR) is 129 cm³/mol. The molecule has 0 aromatic heterocycles. The molecule has 0 aliphatic rings. The van der Waals surface area contributed by atoms with Gasteiger partial charge in [0.15, 0.2) is 0 Å². The van der Waals surface area contributed by atoms with Crippen LogP contribution in [0.25, 0.3) is 0 Å². The molecule has 0 saturated heterocycles. The lowest BCUT2D eigenvalue weighted by Crippen LogP contribution is -2.37. The van der Waals surface area contributed by atoms with E-state index in [0.29, 0.717) is 0 Å². The van der Waals surface area contributed by atoms with E-state index in [4.69, 9.17) is 5.73 Å². The minimum absolute atomic E-state index is 0.108. The maximum Gasteiger partial charge on any atom is 0.0307 e. The van der Waals surface area contributed by atoms with Crippen LogP contribution in [0.4, 0.5) is 0 Å². The van der Waals surface area contributed by atoms with Gasteiger partial charge in [0.1, 0.15) is 0 Å². The van der Waals surface area contributed by atoms with Crippen LogP contribution in [0.3, 0.4) is 0 Å². The fourth-order valence-electron chi connectivity index (χ4n) is 3.46. The van der Waals surface area contributed by atoms with E-state index < -0.39 is 0 Å². The second-order valence-corrected chi connectivity index (χ2v) is 8.92. The molecule has 0 aromatic rings. The highest BCUT2D eigenvalue weighted by Crippen LogP contribution is 2.11. The number of nitrogens with one attached hydrogen (secondary N) is 1. The van der Waals surface area contributed by atoms with Crippen LogP contribution in [0, 0.1) is 0 Å². The zero-order valence-electron chi connectivity index (χ0n) is 19.6. The van der Waals surface area contributed by atoms with E-state index in [1.807, 2.05) is 0 Å². The van der Waals surface area contributed by atoms with Crippen LogP contribution in [-0.4, -0.2) is 18.6 Å². The van der Waals surface area contributed by atoms with E-state index in [1.165, 1.54) is 89.9 Å². The van der Waals surface area contributed by atoms with Gasteiger partial charge in [-0.25, -0.2) is 0 Å². The van der Waals surface area contributed by atoms with E-state index in [0.717, 1.165) is 25.9 Å². The number of hydrogen-bond acceptors (Lipinski definition) is 2. The molecule has 0 radical (unpaired) electrons. The Bertz CT molecular complexity index is 357. The minimum Gasteiger partial charge on any atom is -0.330 e. The lowest BCUT2D eigenvalue weighted by Gasteiger charge is -2.22. The van der Waals surface area contributed by atoms with Gasteiger partial charge in [-0.2, -0.15) is 0 Å². The number of unbranched alkanes of at least 4 members (excludes halogenated alkanes) is 13. The van der Waals surface area contributed by atoms with Crippen LogP contribution < -0.4 is 11.1 Å². The first-order valence-corrected chi connectivity index (χ1v) is 12.4. The van der Waals surface area contributed by atoms with Gasteiger partial charge in [-0.3, -0.25) is 0 Å². The van der Waals surface area contributed by atoms with Crippen molar-refractivity contribution in [2.45, 2.75) is 129 Å². The molecule has 0 unspecified atom stereocenters. The molecule has 0 saturated carbocycles. The Labute approximate surface area is 177 Å². The van der Waals surface area contributed by atoms with Gasteiger partial charge in [-0.1, -0.05) is 89.0 Å². The second kappa shape index (κ2) is 21.1. The molecule has 0 bridgehead atoms. The lowest BCUT2D eigenvalue weighted by atomic mass is 10.0. The molecule has 0 rings (SSSR count). The summed E-state index contributed by atoms with van der Waals surface area (Å²) in [5, 5.41) is 3.66. The summed E-state index contributed by atoms with van der Waals surface area (Å²) in [4.78, 5) is 0. The lowest BCUT2D eigenvalue weighted by molar-refractivity contribution is 0.456. The molecule has 0 heterocycles. The van der Waals surface area contributed by atoms with Crippen LogP contribution >= 0.6 is 0 Å². The summed E-state index contributed by atoms with van der Waals surface area (Å²) < 4.78 is 0. The van der Waals surface area contributed by atoms with Crippen LogP contribution in [-0.2, 0) is 0 Å². The zero-order chi connectivity index (χ0) is 20.8. The number of hydrogen-bond donors (Lipinski definition) is 2. The standard InChI is InChI=1S/C26H52N2/c1-4-5-6-7-8-9-10-11-12-13-14-15-16-17-18-22-25-28-26(2,3)23-20-19-21-24-27/h11-12,20,23,28H,4-10,13-19,21-22,24-25,27H2,1-3H3/b12-11-,23-20?. The van der Waals surface area contributed by atoms with Gasteiger partial charge in [0, 0.05) is 5.54 Å². The van der Waals surface area contributed by atoms with Crippen molar-refractivity contribution in [2.75, 3.05) is 13.1 Å². The number of rotatable bonds is 21. The molecule has 2 heteroatoms. The van der Waals surface area contributed by atoms with Crippen molar-refractivity contribution >= 4 is 0 Å². The Morgan fingerprint density at radius 3 is 1.71 bits per heavy atom. The van der Waals surface area contributed by atoms with Gasteiger partial charge in [0.25, 0.3) is 0 Å². The first-order valence-electron chi connectivity index (χ1n) is 12.4. The molecule has 0 amide bonds. The Morgan fingerprint density at radius 2 is 1.14 bits per heavy atom. The van der Waals surface area contributed by atoms with Gasteiger partial charge in [-0.15, -0.1) is 0 Å². The van der Waals surface area contributed by atoms with Gasteiger partial charge in [-0.05, 0) is 71.9 Å². The maximum atomic E-state index is 5.53. The van der Waals surface area contributed by atoms with Crippen molar-refractivity contribution in [3.05, 3.63) is 24.3 Å².